The molecule has 1 aromatic rings. The van der Waals surface area contributed by atoms with Gasteiger partial charge in [0, 0.05) is 23.7 Å². The molecular formula is C16H25N3O2. The molecule has 5 nitrogen and oxygen atoms in total. The van der Waals surface area contributed by atoms with Crippen LogP contribution in [0, 0.1) is 0 Å². The number of likely N-dealkylation sites (N-methyl/N-ethyl adjacent to an activating group) is 1. The zero-order valence-corrected chi connectivity index (χ0v) is 13.3. The Labute approximate surface area is 126 Å². The first-order chi connectivity index (χ1) is 9.75. The monoisotopic (exact) mass is 291 g/mol. The van der Waals surface area contributed by atoms with Crippen molar-refractivity contribution in [3.05, 3.63) is 23.4 Å². The molecule has 1 fully saturated rings. The summed E-state index contributed by atoms with van der Waals surface area (Å²) in [5.74, 6) is -0.244. The summed E-state index contributed by atoms with van der Waals surface area (Å²) >= 11 is 0. The van der Waals surface area contributed by atoms with E-state index in [0.717, 1.165) is 31.6 Å². The highest BCUT2D eigenvalue weighted by molar-refractivity contribution is 5.88. The highest BCUT2D eigenvalue weighted by Gasteiger charge is 2.21. The minimum Gasteiger partial charge on any atom is -0.478 e. The number of likely N-dealkylation sites (tertiary alicyclic amines) is 1. The van der Waals surface area contributed by atoms with Gasteiger partial charge in [-0.2, -0.15) is 0 Å². The van der Waals surface area contributed by atoms with E-state index in [1.807, 2.05) is 20.8 Å². The molecule has 0 radical (unpaired) electrons. The number of hydrogen-bond acceptors (Lipinski definition) is 4. The van der Waals surface area contributed by atoms with Gasteiger partial charge in [0.1, 0.15) is 5.82 Å². The molecule has 0 amide bonds. The van der Waals surface area contributed by atoms with Crippen LogP contribution in [0.3, 0.4) is 0 Å². The quantitative estimate of drug-likeness (QED) is 0.896. The molecule has 0 spiro atoms. The molecule has 1 aliphatic rings. The van der Waals surface area contributed by atoms with Crippen molar-refractivity contribution in [3.8, 4) is 0 Å². The van der Waals surface area contributed by atoms with E-state index >= 15 is 0 Å². The summed E-state index contributed by atoms with van der Waals surface area (Å²) in [5, 5.41) is 12.7. The van der Waals surface area contributed by atoms with Crippen LogP contribution in [0.25, 0.3) is 0 Å². The van der Waals surface area contributed by atoms with Crippen molar-refractivity contribution >= 4 is 11.8 Å². The molecule has 0 bridgehead atoms. The largest absolute Gasteiger partial charge is 0.478 e. The van der Waals surface area contributed by atoms with Gasteiger partial charge in [-0.15, -0.1) is 0 Å². The second-order valence-electron chi connectivity index (χ2n) is 6.93. The van der Waals surface area contributed by atoms with Crippen molar-refractivity contribution in [2.24, 2.45) is 0 Å². The Morgan fingerprint density at radius 2 is 2.14 bits per heavy atom. The van der Waals surface area contributed by atoms with Crippen LogP contribution < -0.4 is 5.32 Å². The highest BCUT2D eigenvalue weighted by Crippen LogP contribution is 2.24. The molecule has 21 heavy (non-hydrogen) atoms. The van der Waals surface area contributed by atoms with Crippen LogP contribution in [0.2, 0.25) is 0 Å². The molecule has 0 saturated carbocycles. The average molecular weight is 291 g/mol. The van der Waals surface area contributed by atoms with Crippen molar-refractivity contribution < 1.29 is 9.90 Å². The second kappa shape index (κ2) is 6.02. The smallest absolute Gasteiger partial charge is 0.335 e. The Hall–Kier alpha value is -1.62. The van der Waals surface area contributed by atoms with E-state index in [4.69, 9.17) is 0 Å². The van der Waals surface area contributed by atoms with E-state index in [2.05, 4.69) is 22.2 Å². The number of nitrogens with zero attached hydrogens (tertiary/aromatic N) is 2. The number of carboxylic acids is 1. The number of nitrogens with one attached hydrogen (secondary N) is 1. The molecule has 116 valence electrons. The lowest BCUT2D eigenvalue weighted by Gasteiger charge is -2.31. The van der Waals surface area contributed by atoms with Crippen LogP contribution >= 0.6 is 0 Å². The Morgan fingerprint density at radius 3 is 2.71 bits per heavy atom. The Morgan fingerprint density at radius 1 is 1.43 bits per heavy atom. The van der Waals surface area contributed by atoms with Crippen molar-refractivity contribution in [1.29, 1.82) is 0 Å². The van der Waals surface area contributed by atoms with E-state index in [0.29, 0.717) is 17.4 Å². The minimum atomic E-state index is -0.910. The minimum absolute atomic E-state index is 0.175. The lowest BCUT2D eigenvalue weighted by Crippen LogP contribution is -2.40. The lowest BCUT2D eigenvalue weighted by molar-refractivity contribution is 0.0696. The fourth-order valence-corrected chi connectivity index (χ4v) is 2.61. The first-order valence-corrected chi connectivity index (χ1v) is 7.46. The average Bonchev–Trinajstić information content (AvgIpc) is 2.37. The maximum absolute atomic E-state index is 11.3. The summed E-state index contributed by atoms with van der Waals surface area (Å²) in [6, 6.07) is 3.63. The van der Waals surface area contributed by atoms with Gasteiger partial charge in [0.15, 0.2) is 0 Å². The third-order valence-electron chi connectivity index (χ3n) is 3.82. The maximum Gasteiger partial charge on any atom is 0.335 e. The van der Waals surface area contributed by atoms with Crippen LogP contribution in [0.15, 0.2) is 12.1 Å². The number of carboxylic acid groups (broad SMARTS) is 1. The van der Waals surface area contributed by atoms with E-state index in [1.165, 1.54) is 0 Å². The normalized spacial score (nSPS) is 20.3. The van der Waals surface area contributed by atoms with Gasteiger partial charge in [-0.1, -0.05) is 20.8 Å². The zero-order chi connectivity index (χ0) is 15.6. The number of carbonyl (C=O) groups is 1. The summed E-state index contributed by atoms with van der Waals surface area (Å²) in [6.07, 6.45) is 2.24. The molecule has 1 unspecified atom stereocenters. The number of anilines is 1. The molecule has 2 rings (SSSR count). The van der Waals surface area contributed by atoms with Crippen LogP contribution in [-0.4, -0.2) is 47.1 Å². The summed E-state index contributed by atoms with van der Waals surface area (Å²) in [7, 11) is 2.11. The van der Waals surface area contributed by atoms with Crippen molar-refractivity contribution in [1.82, 2.24) is 9.88 Å². The van der Waals surface area contributed by atoms with Crippen LogP contribution in [-0.2, 0) is 5.41 Å². The summed E-state index contributed by atoms with van der Waals surface area (Å²) in [5.41, 5.74) is 0.918. The summed E-state index contributed by atoms with van der Waals surface area (Å²) in [6.45, 7) is 8.20. The fraction of sp³-hybridized carbons (Fsp3) is 0.625. The number of aromatic carboxylic acids is 1. The molecule has 2 N–H and O–H groups in total. The van der Waals surface area contributed by atoms with E-state index in [9.17, 15) is 9.90 Å². The highest BCUT2D eigenvalue weighted by atomic mass is 16.4. The third kappa shape index (κ3) is 4.17. The molecule has 1 saturated heterocycles. The van der Waals surface area contributed by atoms with E-state index in [-0.39, 0.29) is 5.41 Å². The van der Waals surface area contributed by atoms with Gasteiger partial charge in [0.05, 0.1) is 5.56 Å². The summed E-state index contributed by atoms with van der Waals surface area (Å²) < 4.78 is 0. The Balaban J connectivity index is 2.25. The maximum atomic E-state index is 11.3. The molecular weight excluding hydrogens is 266 g/mol. The van der Waals surface area contributed by atoms with Gasteiger partial charge in [0.25, 0.3) is 0 Å². The third-order valence-corrected chi connectivity index (χ3v) is 3.82. The molecule has 1 atom stereocenters. The standard InChI is InChI=1S/C16H25N3O2/c1-16(2,3)13-8-11(15(20)21)9-14(18-13)17-12-6-5-7-19(4)10-12/h8-9,12H,5-7,10H2,1-4H3,(H,17,18)(H,20,21). The van der Waals surface area contributed by atoms with E-state index in [1.54, 1.807) is 12.1 Å². The van der Waals surface area contributed by atoms with Gasteiger partial charge in [-0.25, -0.2) is 9.78 Å². The fourth-order valence-electron chi connectivity index (χ4n) is 2.61. The SMILES string of the molecule is CN1CCCC(Nc2cc(C(=O)O)cc(C(C)(C)C)n2)C1. The van der Waals surface area contributed by atoms with Gasteiger partial charge in [0.2, 0.25) is 0 Å². The summed E-state index contributed by atoms with van der Waals surface area (Å²) in [4.78, 5) is 18.2. The first-order valence-electron chi connectivity index (χ1n) is 7.46. The number of piperidine rings is 1. The molecule has 5 heteroatoms. The predicted octanol–water partition coefficient (Wildman–Crippen LogP) is 2.58. The van der Waals surface area contributed by atoms with Crippen LogP contribution in [0.5, 0.6) is 0 Å². The number of aromatic nitrogens is 1. The zero-order valence-electron chi connectivity index (χ0n) is 13.3. The second-order valence-corrected chi connectivity index (χ2v) is 6.93. The lowest BCUT2D eigenvalue weighted by atomic mass is 9.90. The number of pyridine rings is 1. The van der Waals surface area contributed by atoms with Gasteiger partial charge in [-0.05, 0) is 38.6 Å². The van der Waals surface area contributed by atoms with Crippen molar-refractivity contribution in [2.45, 2.75) is 45.1 Å². The Bertz CT molecular complexity index is 523. The van der Waals surface area contributed by atoms with Gasteiger partial charge in [-0.3, -0.25) is 0 Å². The molecule has 0 aliphatic carbocycles. The van der Waals surface area contributed by atoms with Crippen molar-refractivity contribution in [3.63, 3.8) is 0 Å². The molecule has 2 heterocycles. The van der Waals surface area contributed by atoms with Gasteiger partial charge >= 0.3 is 5.97 Å². The van der Waals surface area contributed by atoms with Gasteiger partial charge < -0.3 is 15.3 Å². The first kappa shape index (κ1) is 15.8. The van der Waals surface area contributed by atoms with E-state index < -0.39 is 5.97 Å². The predicted molar refractivity (Wildman–Crippen MR) is 84.0 cm³/mol. The Kier molecular flexibility index (Phi) is 4.52. The number of hydrogen-bond donors (Lipinski definition) is 2. The van der Waals surface area contributed by atoms with Crippen LogP contribution in [0.4, 0.5) is 5.82 Å². The molecule has 0 aromatic carbocycles. The van der Waals surface area contributed by atoms with Crippen molar-refractivity contribution in [2.75, 3.05) is 25.5 Å². The van der Waals surface area contributed by atoms with Crippen LogP contribution in [0.1, 0.15) is 49.7 Å². The number of rotatable bonds is 3. The molecule has 1 aromatic heterocycles. The topological polar surface area (TPSA) is 65.5 Å². The molecule has 1 aliphatic heterocycles.